The summed E-state index contributed by atoms with van der Waals surface area (Å²) in [5, 5.41) is 0. The number of hydrogen-bond acceptors (Lipinski definition) is 7. The Kier molecular flexibility index (Phi) is 7.40. The average molecular weight is 427 g/mol. The van der Waals surface area contributed by atoms with Gasteiger partial charge in [0, 0.05) is 25.0 Å². The normalized spacial score (nSPS) is 20.3. The Morgan fingerprint density at radius 2 is 1.79 bits per heavy atom. The highest BCUT2D eigenvalue weighted by atomic mass is 32.2. The molecule has 2 rings (SSSR count). The lowest BCUT2D eigenvalue weighted by atomic mass is 9.86. The lowest BCUT2D eigenvalue weighted by Gasteiger charge is -2.35. The first-order valence-corrected chi connectivity index (χ1v) is 11.2. The van der Waals surface area contributed by atoms with Gasteiger partial charge in [0.1, 0.15) is 10.5 Å². The third kappa shape index (κ3) is 5.76. The number of nitrogens with zero attached hydrogens (tertiary/aromatic N) is 2. The average Bonchev–Trinajstić information content (AvgIpc) is 2.67. The minimum atomic E-state index is -3.83. The van der Waals surface area contributed by atoms with E-state index in [0.717, 1.165) is 0 Å². The molecule has 0 aliphatic heterocycles. The molecule has 8 nitrogen and oxygen atoms in total. The van der Waals surface area contributed by atoms with Gasteiger partial charge in [0.25, 0.3) is 0 Å². The molecule has 29 heavy (non-hydrogen) atoms. The minimum absolute atomic E-state index is 0.0449. The summed E-state index contributed by atoms with van der Waals surface area (Å²) in [4.78, 5) is 27.9. The SMILES string of the molecule is CCN(C1CCC(C(=O)OC(C)(C)C)CC1)S(=O)(=O)c1cncc(C(=O)OC)c1. The van der Waals surface area contributed by atoms with Gasteiger partial charge in [-0.25, -0.2) is 13.2 Å². The molecule has 0 atom stereocenters. The monoisotopic (exact) mass is 426 g/mol. The largest absolute Gasteiger partial charge is 0.465 e. The van der Waals surface area contributed by atoms with Gasteiger partial charge in [0.05, 0.1) is 18.6 Å². The second kappa shape index (κ2) is 9.21. The van der Waals surface area contributed by atoms with E-state index >= 15 is 0 Å². The summed E-state index contributed by atoms with van der Waals surface area (Å²) in [6.07, 6.45) is 4.80. The zero-order valence-electron chi connectivity index (χ0n) is 17.7. The van der Waals surface area contributed by atoms with E-state index < -0.39 is 21.6 Å². The smallest absolute Gasteiger partial charge is 0.339 e. The summed E-state index contributed by atoms with van der Waals surface area (Å²) in [5.74, 6) is -1.08. The molecule has 0 aromatic carbocycles. The first-order valence-electron chi connectivity index (χ1n) is 9.77. The predicted octanol–water partition coefficient (Wildman–Crippen LogP) is 2.78. The van der Waals surface area contributed by atoms with Crippen LogP contribution < -0.4 is 0 Å². The fraction of sp³-hybridized carbons (Fsp3) is 0.650. The fourth-order valence-electron chi connectivity index (χ4n) is 3.53. The quantitative estimate of drug-likeness (QED) is 0.644. The Bertz CT molecular complexity index is 839. The molecule has 0 saturated heterocycles. The second-order valence-corrected chi connectivity index (χ2v) is 10.0. The van der Waals surface area contributed by atoms with E-state index in [1.54, 1.807) is 6.92 Å². The molecule has 1 fully saturated rings. The number of hydrogen-bond donors (Lipinski definition) is 0. The Labute approximate surface area is 172 Å². The van der Waals surface area contributed by atoms with E-state index in [2.05, 4.69) is 9.72 Å². The number of carbonyl (C=O) groups excluding carboxylic acids is 2. The summed E-state index contributed by atoms with van der Waals surface area (Å²) in [6, 6.07) is 1.06. The Hall–Kier alpha value is -2.00. The number of methoxy groups -OCH3 is 1. The molecule has 0 radical (unpaired) electrons. The highest BCUT2D eigenvalue weighted by Gasteiger charge is 2.36. The van der Waals surface area contributed by atoms with E-state index in [0.29, 0.717) is 25.7 Å². The maximum absolute atomic E-state index is 13.2. The second-order valence-electron chi connectivity index (χ2n) is 8.15. The lowest BCUT2D eigenvalue weighted by Crippen LogP contribution is -2.43. The molecule has 1 aromatic heterocycles. The van der Waals surface area contributed by atoms with Gasteiger partial charge < -0.3 is 9.47 Å². The van der Waals surface area contributed by atoms with Gasteiger partial charge in [0.15, 0.2) is 0 Å². The molecule has 1 saturated carbocycles. The van der Waals surface area contributed by atoms with Gasteiger partial charge >= 0.3 is 11.9 Å². The topological polar surface area (TPSA) is 103 Å². The van der Waals surface area contributed by atoms with Crippen LogP contribution in [0.1, 0.15) is 63.7 Å². The Morgan fingerprint density at radius 1 is 1.17 bits per heavy atom. The van der Waals surface area contributed by atoms with E-state index in [-0.39, 0.29) is 34.9 Å². The van der Waals surface area contributed by atoms with Crippen molar-refractivity contribution in [3.63, 3.8) is 0 Å². The van der Waals surface area contributed by atoms with E-state index in [1.165, 1.54) is 29.9 Å². The van der Waals surface area contributed by atoms with Crippen molar-refractivity contribution >= 4 is 22.0 Å². The van der Waals surface area contributed by atoms with Crippen LogP contribution in [0.15, 0.2) is 23.4 Å². The number of aromatic nitrogens is 1. The van der Waals surface area contributed by atoms with Crippen molar-refractivity contribution in [2.24, 2.45) is 5.92 Å². The third-order valence-electron chi connectivity index (χ3n) is 4.90. The zero-order valence-corrected chi connectivity index (χ0v) is 18.5. The van der Waals surface area contributed by atoms with E-state index in [4.69, 9.17) is 4.74 Å². The van der Waals surface area contributed by atoms with Gasteiger partial charge in [-0.05, 0) is 52.5 Å². The Balaban J connectivity index is 2.14. The van der Waals surface area contributed by atoms with Crippen molar-refractivity contribution in [2.45, 2.75) is 69.9 Å². The van der Waals surface area contributed by atoms with Crippen molar-refractivity contribution in [1.29, 1.82) is 0 Å². The number of pyridine rings is 1. The number of carbonyl (C=O) groups is 2. The molecular weight excluding hydrogens is 396 g/mol. The summed E-state index contributed by atoms with van der Waals surface area (Å²) in [6.45, 7) is 7.55. The predicted molar refractivity (Wildman–Crippen MR) is 107 cm³/mol. The molecule has 0 amide bonds. The number of ether oxygens (including phenoxy) is 2. The number of sulfonamides is 1. The Morgan fingerprint density at radius 3 is 2.31 bits per heavy atom. The molecule has 162 valence electrons. The van der Waals surface area contributed by atoms with Crippen LogP contribution in [0.2, 0.25) is 0 Å². The molecule has 0 N–H and O–H groups in total. The number of rotatable bonds is 6. The van der Waals surface area contributed by atoms with Gasteiger partial charge in [0.2, 0.25) is 10.0 Å². The van der Waals surface area contributed by atoms with E-state index in [1.807, 2.05) is 20.8 Å². The molecule has 1 heterocycles. The van der Waals surface area contributed by atoms with Crippen LogP contribution in [0.25, 0.3) is 0 Å². The highest BCUT2D eigenvalue weighted by molar-refractivity contribution is 7.89. The molecule has 1 aliphatic rings. The van der Waals surface area contributed by atoms with Gasteiger partial charge in [-0.2, -0.15) is 4.31 Å². The van der Waals surface area contributed by atoms with Crippen molar-refractivity contribution in [3.8, 4) is 0 Å². The highest BCUT2D eigenvalue weighted by Crippen LogP contribution is 2.32. The minimum Gasteiger partial charge on any atom is -0.465 e. The van der Waals surface area contributed by atoms with Crippen LogP contribution in [0, 0.1) is 5.92 Å². The van der Waals surface area contributed by atoms with Gasteiger partial charge in [-0.1, -0.05) is 6.92 Å². The maximum atomic E-state index is 13.2. The van der Waals surface area contributed by atoms with Gasteiger partial charge in [-0.3, -0.25) is 9.78 Å². The fourth-order valence-corrected chi connectivity index (χ4v) is 5.22. The summed E-state index contributed by atoms with van der Waals surface area (Å²) >= 11 is 0. The molecule has 0 bridgehead atoms. The van der Waals surface area contributed by atoms with Crippen LogP contribution >= 0.6 is 0 Å². The summed E-state index contributed by atoms with van der Waals surface area (Å²) in [7, 11) is -2.61. The van der Waals surface area contributed by atoms with Crippen molar-refractivity contribution in [3.05, 3.63) is 24.0 Å². The lowest BCUT2D eigenvalue weighted by molar-refractivity contribution is -0.161. The standard InChI is InChI=1S/C20H30N2O6S/c1-6-22(16-9-7-14(8-10-16)19(24)28-20(2,3)4)29(25,26)17-11-15(12-21-13-17)18(23)27-5/h11-14,16H,6-10H2,1-5H3. The van der Waals surface area contributed by atoms with Crippen molar-refractivity contribution < 1.29 is 27.5 Å². The van der Waals surface area contributed by atoms with Crippen LogP contribution in [0.3, 0.4) is 0 Å². The first-order chi connectivity index (χ1) is 13.5. The summed E-state index contributed by atoms with van der Waals surface area (Å²) in [5.41, 5.74) is -0.456. The molecule has 1 aliphatic carbocycles. The molecular formula is C20H30N2O6S. The molecule has 9 heteroatoms. The third-order valence-corrected chi connectivity index (χ3v) is 6.89. The van der Waals surface area contributed by atoms with Crippen LogP contribution in [0.4, 0.5) is 0 Å². The molecule has 0 unspecified atom stereocenters. The van der Waals surface area contributed by atoms with Crippen molar-refractivity contribution in [2.75, 3.05) is 13.7 Å². The maximum Gasteiger partial charge on any atom is 0.339 e. The van der Waals surface area contributed by atoms with Crippen LogP contribution in [0.5, 0.6) is 0 Å². The van der Waals surface area contributed by atoms with Gasteiger partial charge in [-0.15, -0.1) is 0 Å². The molecule has 0 spiro atoms. The number of esters is 2. The van der Waals surface area contributed by atoms with Crippen LogP contribution in [-0.2, 0) is 24.3 Å². The van der Waals surface area contributed by atoms with E-state index in [9.17, 15) is 18.0 Å². The first kappa shape index (κ1) is 23.3. The van der Waals surface area contributed by atoms with Crippen molar-refractivity contribution in [1.82, 2.24) is 9.29 Å². The zero-order chi connectivity index (χ0) is 21.8. The van der Waals surface area contributed by atoms with Crippen LogP contribution in [-0.4, -0.2) is 54.9 Å². The molecule has 1 aromatic rings. The summed E-state index contributed by atoms with van der Waals surface area (Å²) < 4.78 is 37.9.